The van der Waals surface area contributed by atoms with Crippen molar-refractivity contribution in [2.24, 2.45) is 0 Å². The second kappa shape index (κ2) is 15.7. The Hall–Kier alpha value is -4.23. The first-order chi connectivity index (χ1) is 21.3. The van der Waals surface area contributed by atoms with E-state index < -0.39 is 55.7 Å². The number of methoxy groups -OCH3 is 1. The summed E-state index contributed by atoms with van der Waals surface area (Å²) in [5.41, 5.74) is 0.234. The first kappa shape index (κ1) is 35.3. The number of hydrogen-bond donors (Lipinski definition) is 1. The Balaban J connectivity index is 2.16. The normalized spacial score (nSPS) is 11.9. The fourth-order valence-corrected chi connectivity index (χ4v) is 6.26. The zero-order valence-electron chi connectivity index (χ0n) is 25.5. The molecule has 242 valence electrons. The summed E-state index contributed by atoms with van der Waals surface area (Å²) in [6, 6.07) is 12.0. The molecule has 0 radical (unpaired) electrons. The smallest absolute Gasteiger partial charge is 0.273 e. The van der Waals surface area contributed by atoms with Crippen molar-refractivity contribution in [2.75, 3.05) is 24.5 Å². The molecule has 0 aliphatic carbocycles. The lowest BCUT2D eigenvalue weighted by Crippen LogP contribution is -2.52. The molecular weight excluding hydrogens is 627 g/mol. The Kier molecular flexibility index (Phi) is 12.3. The molecule has 1 atom stereocenters. The number of rotatable bonds is 15. The molecule has 45 heavy (non-hydrogen) atoms. The maximum absolute atomic E-state index is 14.2. The molecule has 0 bridgehead atoms. The Morgan fingerprint density at radius 2 is 1.78 bits per heavy atom. The van der Waals surface area contributed by atoms with Crippen LogP contribution in [0.2, 0.25) is 5.02 Å². The molecule has 0 heterocycles. The molecule has 0 saturated heterocycles. The Bertz CT molecular complexity index is 1640. The van der Waals surface area contributed by atoms with Gasteiger partial charge in [0, 0.05) is 29.7 Å². The molecule has 14 heteroatoms. The van der Waals surface area contributed by atoms with E-state index in [9.17, 15) is 32.5 Å². The van der Waals surface area contributed by atoms with Gasteiger partial charge in [0.1, 0.15) is 24.2 Å². The molecule has 0 spiro atoms. The molecule has 3 aromatic carbocycles. The molecule has 1 N–H and O–H groups in total. The van der Waals surface area contributed by atoms with Gasteiger partial charge in [-0.25, -0.2) is 12.8 Å². The minimum absolute atomic E-state index is 0.0619. The number of nitrogens with zero attached hydrogens (tertiary/aromatic N) is 3. The number of ether oxygens (including phenoxy) is 1. The highest BCUT2D eigenvalue weighted by Crippen LogP contribution is 2.36. The van der Waals surface area contributed by atoms with E-state index in [0.29, 0.717) is 12.1 Å². The molecule has 0 saturated carbocycles. The van der Waals surface area contributed by atoms with Crippen molar-refractivity contribution in [1.82, 2.24) is 10.2 Å². The van der Waals surface area contributed by atoms with Crippen LogP contribution in [-0.2, 0) is 26.2 Å². The number of nitro benzene ring substituents is 1. The van der Waals surface area contributed by atoms with Gasteiger partial charge in [0.25, 0.3) is 15.7 Å². The number of unbranched alkanes of at least 4 members (excludes halogenated alkanes) is 1. The summed E-state index contributed by atoms with van der Waals surface area (Å²) in [4.78, 5) is 39.3. The monoisotopic (exact) mass is 662 g/mol. The molecule has 0 unspecified atom stereocenters. The van der Waals surface area contributed by atoms with Crippen LogP contribution in [0.5, 0.6) is 5.75 Å². The van der Waals surface area contributed by atoms with Crippen LogP contribution >= 0.6 is 11.6 Å². The van der Waals surface area contributed by atoms with E-state index >= 15 is 0 Å². The number of nitrogens with one attached hydrogen (secondary N) is 1. The van der Waals surface area contributed by atoms with Crippen LogP contribution in [0.4, 0.5) is 15.8 Å². The van der Waals surface area contributed by atoms with E-state index in [1.54, 1.807) is 6.92 Å². The summed E-state index contributed by atoms with van der Waals surface area (Å²) in [6.07, 6.45) is 1.75. The lowest BCUT2D eigenvalue weighted by atomic mass is 10.1. The van der Waals surface area contributed by atoms with Crippen LogP contribution in [0.1, 0.15) is 44.2 Å². The molecular formula is C31H36ClFN4O7S. The van der Waals surface area contributed by atoms with Crippen molar-refractivity contribution in [3.8, 4) is 5.75 Å². The van der Waals surface area contributed by atoms with Crippen molar-refractivity contribution in [2.45, 2.75) is 57.5 Å². The molecule has 0 aromatic heterocycles. The lowest BCUT2D eigenvalue weighted by Gasteiger charge is -2.33. The molecule has 0 aliphatic heterocycles. The van der Waals surface area contributed by atoms with E-state index in [1.165, 1.54) is 73.5 Å². The molecule has 0 fully saturated rings. The fourth-order valence-electron chi connectivity index (χ4n) is 4.66. The Labute approximate surface area is 267 Å². The number of carbonyl (C=O) groups excluding carboxylic acids is 2. The molecule has 0 aliphatic rings. The van der Waals surface area contributed by atoms with E-state index in [1.807, 2.05) is 6.92 Å². The number of carbonyl (C=O) groups is 2. The minimum atomic E-state index is -4.66. The number of aryl methyl sites for hydroxylation is 1. The van der Waals surface area contributed by atoms with Crippen LogP contribution in [0.25, 0.3) is 0 Å². The van der Waals surface area contributed by atoms with Gasteiger partial charge in [-0.1, -0.05) is 50.1 Å². The van der Waals surface area contributed by atoms with Gasteiger partial charge in [-0.15, -0.1) is 0 Å². The highest BCUT2D eigenvalue weighted by atomic mass is 35.5. The van der Waals surface area contributed by atoms with Crippen LogP contribution in [0, 0.1) is 22.9 Å². The standard InChI is InChI=1S/C31H36ClFN4O7S/c1-5-7-16-34-31(39)26(6-2)35(19-22-9-12-24(33)13-10-22)30(38)20-36(28-17-23(32)11-15-29(28)44-4)45(42,43)25-14-8-21(3)27(18-25)37(40)41/h8-15,17-18,26H,5-7,16,19-20H2,1-4H3,(H,34,39)/t26-/m1/s1. The van der Waals surface area contributed by atoms with Crippen LogP contribution in [0.15, 0.2) is 65.6 Å². The third-order valence-corrected chi connectivity index (χ3v) is 9.13. The summed E-state index contributed by atoms with van der Waals surface area (Å²) in [5, 5.41) is 14.6. The van der Waals surface area contributed by atoms with Gasteiger partial charge in [0.05, 0.1) is 22.6 Å². The first-order valence-electron chi connectivity index (χ1n) is 14.3. The minimum Gasteiger partial charge on any atom is -0.495 e. The number of anilines is 1. The van der Waals surface area contributed by atoms with Crippen LogP contribution in [0.3, 0.4) is 0 Å². The zero-order chi connectivity index (χ0) is 33.3. The van der Waals surface area contributed by atoms with Gasteiger partial charge in [-0.05, 0) is 61.7 Å². The van der Waals surface area contributed by atoms with Crippen molar-refractivity contribution >= 4 is 44.8 Å². The van der Waals surface area contributed by atoms with E-state index in [4.69, 9.17) is 16.3 Å². The summed E-state index contributed by atoms with van der Waals surface area (Å²) < 4.78 is 48.3. The second-order valence-corrected chi connectivity index (χ2v) is 12.5. The number of sulfonamides is 1. The highest BCUT2D eigenvalue weighted by Gasteiger charge is 2.35. The van der Waals surface area contributed by atoms with E-state index in [-0.39, 0.29) is 35.0 Å². The topological polar surface area (TPSA) is 139 Å². The van der Waals surface area contributed by atoms with Gasteiger partial charge in [-0.3, -0.25) is 24.0 Å². The van der Waals surface area contributed by atoms with Crippen molar-refractivity contribution in [3.63, 3.8) is 0 Å². The number of nitro groups is 1. The third-order valence-electron chi connectivity index (χ3n) is 7.14. The summed E-state index contributed by atoms with van der Waals surface area (Å²) in [7, 11) is -3.35. The summed E-state index contributed by atoms with van der Waals surface area (Å²) in [5.74, 6) is -1.61. The van der Waals surface area contributed by atoms with E-state index in [2.05, 4.69) is 5.32 Å². The quantitative estimate of drug-likeness (QED) is 0.127. The maximum atomic E-state index is 14.2. The van der Waals surface area contributed by atoms with Crippen molar-refractivity contribution in [3.05, 3.63) is 92.7 Å². The third kappa shape index (κ3) is 8.70. The summed E-state index contributed by atoms with van der Waals surface area (Å²) in [6.45, 7) is 4.59. The van der Waals surface area contributed by atoms with Crippen molar-refractivity contribution in [1.29, 1.82) is 0 Å². The zero-order valence-corrected chi connectivity index (χ0v) is 27.0. The highest BCUT2D eigenvalue weighted by molar-refractivity contribution is 7.92. The van der Waals surface area contributed by atoms with Gasteiger partial charge in [-0.2, -0.15) is 0 Å². The number of amides is 2. The first-order valence-corrected chi connectivity index (χ1v) is 16.1. The summed E-state index contributed by atoms with van der Waals surface area (Å²) >= 11 is 6.25. The van der Waals surface area contributed by atoms with Crippen LogP contribution in [-0.4, -0.2) is 56.3 Å². The Morgan fingerprint density at radius 3 is 2.38 bits per heavy atom. The van der Waals surface area contributed by atoms with Gasteiger partial charge in [0.15, 0.2) is 0 Å². The largest absolute Gasteiger partial charge is 0.495 e. The average molecular weight is 663 g/mol. The number of benzene rings is 3. The molecule has 3 rings (SSSR count). The van der Waals surface area contributed by atoms with Gasteiger partial charge in [0.2, 0.25) is 11.8 Å². The van der Waals surface area contributed by atoms with E-state index in [0.717, 1.165) is 23.2 Å². The lowest BCUT2D eigenvalue weighted by molar-refractivity contribution is -0.385. The van der Waals surface area contributed by atoms with Crippen molar-refractivity contribution < 1.29 is 32.1 Å². The number of halogens is 2. The number of hydrogen-bond acceptors (Lipinski definition) is 7. The molecule has 11 nitrogen and oxygen atoms in total. The molecule has 2 amide bonds. The fraction of sp³-hybridized carbons (Fsp3) is 0.355. The predicted molar refractivity (Wildman–Crippen MR) is 169 cm³/mol. The molecule has 3 aromatic rings. The predicted octanol–water partition coefficient (Wildman–Crippen LogP) is 5.62. The van der Waals surface area contributed by atoms with Crippen LogP contribution < -0.4 is 14.4 Å². The van der Waals surface area contributed by atoms with Gasteiger partial charge >= 0.3 is 0 Å². The maximum Gasteiger partial charge on any atom is 0.273 e. The SMILES string of the molecule is CCCCNC(=O)[C@@H](CC)N(Cc1ccc(F)cc1)C(=O)CN(c1cc(Cl)ccc1OC)S(=O)(=O)c1ccc(C)c([N+](=O)[O-])c1. The van der Waals surface area contributed by atoms with Gasteiger partial charge < -0.3 is 15.0 Å². The average Bonchev–Trinajstić information content (AvgIpc) is 3.00. The Morgan fingerprint density at radius 1 is 1.09 bits per heavy atom. The second-order valence-electron chi connectivity index (χ2n) is 10.2.